The van der Waals surface area contributed by atoms with E-state index in [1.165, 1.54) is 12.2 Å². The SMILES string of the molecule is CON(C)C(=O)c1ccc2ccnn2c1. The summed E-state index contributed by atoms with van der Waals surface area (Å²) in [5, 5.41) is 5.22. The molecular weight excluding hydrogens is 194 g/mol. The van der Waals surface area contributed by atoms with E-state index in [0.29, 0.717) is 5.56 Å². The highest BCUT2D eigenvalue weighted by Crippen LogP contribution is 2.07. The molecule has 0 unspecified atom stereocenters. The molecule has 0 saturated heterocycles. The van der Waals surface area contributed by atoms with Crippen LogP contribution < -0.4 is 0 Å². The number of pyridine rings is 1. The Kier molecular flexibility index (Phi) is 2.39. The number of hydroxylamine groups is 2. The molecule has 0 N–H and O–H groups in total. The summed E-state index contributed by atoms with van der Waals surface area (Å²) >= 11 is 0. The van der Waals surface area contributed by atoms with Gasteiger partial charge in [0.25, 0.3) is 5.91 Å². The van der Waals surface area contributed by atoms with Gasteiger partial charge in [0.2, 0.25) is 0 Å². The molecule has 0 fully saturated rings. The molecule has 0 bridgehead atoms. The second kappa shape index (κ2) is 3.70. The van der Waals surface area contributed by atoms with E-state index in [4.69, 9.17) is 4.84 Å². The largest absolute Gasteiger partial charge is 0.278 e. The summed E-state index contributed by atoms with van der Waals surface area (Å²) < 4.78 is 1.65. The Morgan fingerprint density at radius 2 is 2.27 bits per heavy atom. The average Bonchev–Trinajstić information content (AvgIpc) is 2.73. The van der Waals surface area contributed by atoms with Crippen LogP contribution in [0.1, 0.15) is 10.4 Å². The highest BCUT2D eigenvalue weighted by atomic mass is 16.7. The lowest BCUT2D eigenvalue weighted by atomic mass is 10.2. The minimum Gasteiger partial charge on any atom is -0.274 e. The Balaban J connectivity index is 2.39. The summed E-state index contributed by atoms with van der Waals surface area (Å²) in [6.07, 6.45) is 3.36. The first-order chi connectivity index (χ1) is 7.22. The number of carbonyl (C=O) groups is 1. The summed E-state index contributed by atoms with van der Waals surface area (Å²) in [4.78, 5) is 16.5. The van der Waals surface area contributed by atoms with Crippen LogP contribution in [0.25, 0.3) is 5.52 Å². The van der Waals surface area contributed by atoms with Crippen molar-refractivity contribution in [3.8, 4) is 0 Å². The standard InChI is InChI=1S/C10H11N3O2/c1-12(15-2)10(14)8-3-4-9-5-6-11-13(9)7-8/h3-7H,1-2H3. The minimum atomic E-state index is -0.199. The van der Waals surface area contributed by atoms with Gasteiger partial charge < -0.3 is 0 Å². The van der Waals surface area contributed by atoms with E-state index in [1.807, 2.05) is 12.1 Å². The fourth-order valence-electron chi connectivity index (χ4n) is 1.31. The van der Waals surface area contributed by atoms with Crippen LogP contribution in [0.2, 0.25) is 0 Å². The predicted octanol–water partition coefficient (Wildman–Crippen LogP) is 0.968. The molecule has 0 aliphatic rings. The number of hydrogen-bond acceptors (Lipinski definition) is 3. The van der Waals surface area contributed by atoms with Crippen molar-refractivity contribution in [2.75, 3.05) is 14.2 Å². The van der Waals surface area contributed by atoms with Crippen LogP contribution in [0.3, 0.4) is 0 Å². The topological polar surface area (TPSA) is 46.8 Å². The zero-order valence-electron chi connectivity index (χ0n) is 8.54. The van der Waals surface area contributed by atoms with Gasteiger partial charge in [-0.15, -0.1) is 0 Å². The van der Waals surface area contributed by atoms with Crippen molar-refractivity contribution in [1.29, 1.82) is 0 Å². The van der Waals surface area contributed by atoms with Crippen molar-refractivity contribution in [3.63, 3.8) is 0 Å². The second-order valence-electron chi connectivity index (χ2n) is 3.10. The molecule has 5 heteroatoms. The molecular formula is C10H11N3O2. The lowest BCUT2D eigenvalue weighted by molar-refractivity contribution is -0.0757. The van der Waals surface area contributed by atoms with Crippen LogP contribution in [-0.4, -0.2) is 34.7 Å². The number of hydrogen-bond donors (Lipinski definition) is 0. The zero-order valence-corrected chi connectivity index (χ0v) is 8.54. The van der Waals surface area contributed by atoms with Gasteiger partial charge in [-0.25, -0.2) is 9.58 Å². The van der Waals surface area contributed by atoms with Crippen molar-refractivity contribution in [2.45, 2.75) is 0 Å². The Morgan fingerprint density at radius 3 is 3.00 bits per heavy atom. The third-order valence-corrected chi connectivity index (χ3v) is 2.20. The maximum atomic E-state index is 11.7. The Hall–Kier alpha value is -1.88. The average molecular weight is 205 g/mol. The molecule has 0 aliphatic carbocycles. The number of fused-ring (bicyclic) bond motifs is 1. The summed E-state index contributed by atoms with van der Waals surface area (Å²) in [7, 11) is 3.01. The van der Waals surface area contributed by atoms with Crippen molar-refractivity contribution in [3.05, 3.63) is 36.2 Å². The van der Waals surface area contributed by atoms with Crippen LogP contribution in [-0.2, 0) is 4.84 Å². The lowest BCUT2D eigenvalue weighted by Crippen LogP contribution is -2.25. The number of amides is 1. The van der Waals surface area contributed by atoms with E-state index in [-0.39, 0.29) is 5.91 Å². The molecule has 0 aromatic carbocycles. The smallest absolute Gasteiger partial charge is 0.274 e. The van der Waals surface area contributed by atoms with E-state index in [0.717, 1.165) is 5.52 Å². The Labute approximate surface area is 86.8 Å². The van der Waals surface area contributed by atoms with E-state index in [9.17, 15) is 4.79 Å². The summed E-state index contributed by atoms with van der Waals surface area (Å²) in [6.45, 7) is 0. The molecule has 0 saturated carbocycles. The monoisotopic (exact) mass is 205 g/mol. The van der Waals surface area contributed by atoms with E-state index >= 15 is 0 Å². The van der Waals surface area contributed by atoms with Crippen LogP contribution >= 0.6 is 0 Å². The molecule has 0 aliphatic heterocycles. The number of carbonyl (C=O) groups excluding carboxylic acids is 1. The summed E-state index contributed by atoms with van der Waals surface area (Å²) in [5.41, 5.74) is 1.49. The van der Waals surface area contributed by atoms with Crippen LogP contribution in [0.4, 0.5) is 0 Å². The minimum absolute atomic E-state index is 0.199. The van der Waals surface area contributed by atoms with Gasteiger partial charge >= 0.3 is 0 Å². The van der Waals surface area contributed by atoms with Gasteiger partial charge in [-0.3, -0.25) is 9.63 Å². The van der Waals surface area contributed by atoms with Crippen molar-refractivity contribution in [2.24, 2.45) is 0 Å². The third kappa shape index (κ3) is 1.69. The maximum Gasteiger partial charge on any atom is 0.278 e. The molecule has 78 valence electrons. The molecule has 2 aromatic heterocycles. The maximum absolute atomic E-state index is 11.7. The molecule has 2 aromatic rings. The summed E-state index contributed by atoms with van der Waals surface area (Å²) in [6, 6.07) is 5.45. The first kappa shape index (κ1) is 9.67. The van der Waals surface area contributed by atoms with Crippen molar-refractivity contribution in [1.82, 2.24) is 14.7 Å². The summed E-state index contributed by atoms with van der Waals surface area (Å²) in [5.74, 6) is -0.199. The fraction of sp³-hybridized carbons (Fsp3) is 0.200. The molecule has 2 rings (SSSR count). The highest BCUT2D eigenvalue weighted by Gasteiger charge is 2.11. The number of rotatable bonds is 2. The van der Waals surface area contributed by atoms with Gasteiger partial charge in [-0.2, -0.15) is 5.10 Å². The van der Waals surface area contributed by atoms with Crippen LogP contribution in [0.15, 0.2) is 30.6 Å². The first-order valence-corrected chi connectivity index (χ1v) is 4.48. The second-order valence-corrected chi connectivity index (χ2v) is 3.10. The van der Waals surface area contributed by atoms with Crippen molar-refractivity contribution < 1.29 is 9.63 Å². The van der Waals surface area contributed by atoms with Crippen LogP contribution in [0.5, 0.6) is 0 Å². The third-order valence-electron chi connectivity index (χ3n) is 2.20. The van der Waals surface area contributed by atoms with Gasteiger partial charge in [0.05, 0.1) is 18.2 Å². The lowest BCUT2D eigenvalue weighted by Gasteiger charge is -2.13. The zero-order chi connectivity index (χ0) is 10.8. The first-order valence-electron chi connectivity index (χ1n) is 4.48. The van der Waals surface area contributed by atoms with Gasteiger partial charge in [0.1, 0.15) is 0 Å². The van der Waals surface area contributed by atoms with Gasteiger partial charge in [-0.05, 0) is 18.2 Å². The number of aromatic nitrogens is 2. The fourth-order valence-corrected chi connectivity index (χ4v) is 1.31. The number of nitrogens with zero attached hydrogens (tertiary/aromatic N) is 3. The van der Waals surface area contributed by atoms with E-state index in [2.05, 4.69) is 5.10 Å². The molecule has 0 spiro atoms. The molecule has 5 nitrogen and oxygen atoms in total. The van der Waals surface area contributed by atoms with Gasteiger partial charge in [0.15, 0.2) is 0 Å². The van der Waals surface area contributed by atoms with Gasteiger partial charge in [0, 0.05) is 19.4 Å². The molecule has 1 amide bonds. The quantitative estimate of drug-likeness (QED) is 0.686. The van der Waals surface area contributed by atoms with E-state index in [1.54, 1.807) is 30.0 Å². The highest BCUT2D eigenvalue weighted by molar-refractivity contribution is 5.93. The van der Waals surface area contributed by atoms with Crippen LogP contribution in [0, 0.1) is 0 Å². The normalized spacial score (nSPS) is 10.5. The Morgan fingerprint density at radius 1 is 1.47 bits per heavy atom. The molecule has 0 radical (unpaired) electrons. The molecule has 2 heterocycles. The molecule has 15 heavy (non-hydrogen) atoms. The van der Waals surface area contributed by atoms with E-state index < -0.39 is 0 Å². The van der Waals surface area contributed by atoms with Gasteiger partial charge in [-0.1, -0.05) is 0 Å². The van der Waals surface area contributed by atoms with Crippen molar-refractivity contribution >= 4 is 11.4 Å². The molecule has 0 atom stereocenters. The Bertz CT molecular complexity index is 492. The predicted molar refractivity (Wildman–Crippen MR) is 54.3 cm³/mol.